The molecule has 0 amide bonds. The number of nitrogens with zero attached hydrogens (tertiary/aromatic N) is 1. The van der Waals surface area contributed by atoms with Gasteiger partial charge in [-0.2, -0.15) is 0 Å². The predicted octanol–water partition coefficient (Wildman–Crippen LogP) is 0.0823. The number of halogens is 1. The lowest BCUT2D eigenvalue weighted by Crippen LogP contribution is -2.23. The monoisotopic (exact) mass is 217 g/mol. The van der Waals surface area contributed by atoms with Crippen molar-refractivity contribution in [3.8, 4) is 0 Å². The highest BCUT2D eigenvalue weighted by atomic mass is 35.5. The Hall–Kier alpha value is -1.04. The molecule has 0 aliphatic carbocycles. The summed E-state index contributed by atoms with van der Waals surface area (Å²) in [6, 6.07) is 1.64. The molecular formula is C8H12ClN3O2. The van der Waals surface area contributed by atoms with Crippen LogP contribution >= 0.6 is 11.6 Å². The van der Waals surface area contributed by atoms with Gasteiger partial charge in [-0.15, -0.1) is 0 Å². The Kier molecular flexibility index (Phi) is 3.94. The largest absolute Gasteiger partial charge is 0.395 e. The van der Waals surface area contributed by atoms with Gasteiger partial charge in [0.1, 0.15) is 0 Å². The van der Waals surface area contributed by atoms with Crippen LogP contribution < -0.4 is 11.1 Å². The molecule has 6 heteroatoms. The molecule has 1 aromatic heterocycles. The third-order valence-corrected chi connectivity index (χ3v) is 1.98. The van der Waals surface area contributed by atoms with Crippen LogP contribution in [0.5, 0.6) is 0 Å². The summed E-state index contributed by atoms with van der Waals surface area (Å²) in [4.78, 5) is 3.78. The fourth-order valence-corrected chi connectivity index (χ4v) is 1.05. The average Bonchev–Trinajstić information content (AvgIpc) is 2.20. The fourth-order valence-electron chi connectivity index (χ4n) is 0.894. The van der Waals surface area contributed by atoms with Crippen molar-refractivity contribution in [1.29, 1.82) is 0 Å². The Morgan fingerprint density at radius 3 is 3.00 bits per heavy atom. The average molecular weight is 218 g/mol. The number of rotatable bonds is 4. The molecule has 0 saturated carbocycles. The highest BCUT2D eigenvalue weighted by Crippen LogP contribution is 2.23. The van der Waals surface area contributed by atoms with E-state index in [-0.39, 0.29) is 18.3 Å². The van der Waals surface area contributed by atoms with Crippen molar-refractivity contribution in [3.63, 3.8) is 0 Å². The molecule has 1 aromatic rings. The zero-order valence-corrected chi connectivity index (χ0v) is 8.20. The lowest BCUT2D eigenvalue weighted by molar-refractivity contribution is 0.105. The second-order valence-electron chi connectivity index (χ2n) is 2.78. The summed E-state index contributed by atoms with van der Waals surface area (Å²) in [5, 5.41) is 20.7. The summed E-state index contributed by atoms with van der Waals surface area (Å²) in [7, 11) is 0. The van der Waals surface area contributed by atoms with Crippen molar-refractivity contribution in [2.45, 2.75) is 6.10 Å². The molecule has 1 atom stereocenters. The van der Waals surface area contributed by atoms with Crippen molar-refractivity contribution < 1.29 is 10.2 Å². The van der Waals surface area contributed by atoms with E-state index >= 15 is 0 Å². The third kappa shape index (κ3) is 2.73. The topological polar surface area (TPSA) is 91.4 Å². The lowest BCUT2D eigenvalue weighted by atomic mass is 10.3. The quantitative estimate of drug-likeness (QED) is 0.537. The first kappa shape index (κ1) is 11.0. The molecule has 0 aromatic carbocycles. The number of anilines is 2. The number of aliphatic hydroxyl groups excluding tert-OH is 2. The van der Waals surface area contributed by atoms with Crippen LogP contribution in [0.25, 0.3) is 0 Å². The number of aliphatic hydroxyl groups is 2. The summed E-state index contributed by atoms with van der Waals surface area (Å²) in [5.41, 5.74) is 6.54. The van der Waals surface area contributed by atoms with Gasteiger partial charge in [-0.1, -0.05) is 11.6 Å². The summed E-state index contributed by atoms with van der Waals surface area (Å²) in [5.74, 6) is 0. The van der Waals surface area contributed by atoms with Crippen LogP contribution in [0, 0.1) is 0 Å². The van der Waals surface area contributed by atoms with Crippen molar-refractivity contribution >= 4 is 23.0 Å². The Morgan fingerprint density at radius 1 is 1.64 bits per heavy atom. The van der Waals surface area contributed by atoms with Crippen LogP contribution in [-0.4, -0.2) is 34.5 Å². The first-order valence-corrected chi connectivity index (χ1v) is 4.45. The summed E-state index contributed by atoms with van der Waals surface area (Å²) in [6.45, 7) is -0.0905. The van der Waals surface area contributed by atoms with Gasteiger partial charge in [0.15, 0.2) is 5.15 Å². The molecule has 0 aliphatic heterocycles. The molecule has 5 N–H and O–H groups in total. The smallest absolute Gasteiger partial charge is 0.153 e. The van der Waals surface area contributed by atoms with Gasteiger partial charge in [-0.3, -0.25) is 0 Å². The van der Waals surface area contributed by atoms with Crippen LogP contribution in [-0.2, 0) is 0 Å². The van der Waals surface area contributed by atoms with E-state index in [9.17, 15) is 0 Å². The SMILES string of the molecule is Nc1c(NCC(O)CO)ccnc1Cl. The molecule has 0 spiro atoms. The van der Waals surface area contributed by atoms with E-state index in [0.717, 1.165) is 0 Å². The van der Waals surface area contributed by atoms with Crippen molar-refractivity contribution in [2.75, 3.05) is 24.2 Å². The Labute approximate surface area is 86.5 Å². The minimum Gasteiger partial charge on any atom is -0.395 e. The van der Waals surface area contributed by atoms with Gasteiger partial charge >= 0.3 is 0 Å². The second kappa shape index (κ2) is 4.99. The van der Waals surface area contributed by atoms with Gasteiger partial charge < -0.3 is 21.3 Å². The van der Waals surface area contributed by atoms with Crippen LogP contribution in [0.3, 0.4) is 0 Å². The zero-order chi connectivity index (χ0) is 10.6. The second-order valence-corrected chi connectivity index (χ2v) is 3.14. The van der Waals surface area contributed by atoms with E-state index in [2.05, 4.69) is 10.3 Å². The van der Waals surface area contributed by atoms with E-state index in [0.29, 0.717) is 11.4 Å². The maximum atomic E-state index is 9.08. The normalized spacial score (nSPS) is 12.5. The standard InChI is InChI=1S/C8H12ClN3O2/c9-8-7(10)6(1-2-11-8)12-3-5(14)4-13/h1-2,5,13-14H,3-4,10H2,(H,11,12). The number of hydrogen-bond donors (Lipinski definition) is 4. The van der Waals surface area contributed by atoms with Crippen LogP contribution in [0.4, 0.5) is 11.4 Å². The van der Waals surface area contributed by atoms with E-state index in [1.165, 1.54) is 6.20 Å². The van der Waals surface area contributed by atoms with Crippen LogP contribution in [0.2, 0.25) is 5.15 Å². The number of aromatic nitrogens is 1. The summed E-state index contributed by atoms with van der Waals surface area (Å²) >= 11 is 5.68. The van der Waals surface area contributed by atoms with Crippen molar-refractivity contribution in [2.24, 2.45) is 0 Å². The van der Waals surface area contributed by atoms with E-state index in [1.54, 1.807) is 6.07 Å². The van der Waals surface area contributed by atoms with Crippen LogP contribution in [0.1, 0.15) is 0 Å². The predicted molar refractivity (Wildman–Crippen MR) is 55.2 cm³/mol. The summed E-state index contributed by atoms with van der Waals surface area (Å²) < 4.78 is 0. The molecule has 0 saturated heterocycles. The molecule has 1 heterocycles. The molecule has 5 nitrogen and oxygen atoms in total. The van der Waals surface area contributed by atoms with Gasteiger partial charge in [0.25, 0.3) is 0 Å². The molecule has 1 rings (SSSR count). The van der Waals surface area contributed by atoms with Crippen molar-refractivity contribution in [1.82, 2.24) is 4.98 Å². The Morgan fingerprint density at radius 2 is 2.36 bits per heavy atom. The summed E-state index contributed by atoms with van der Waals surface area (Å²) in [6.07, 6.45) is 0.688. The fraction of sp³-hybridized carbons (Fsp3) is 0.375. The molecule has 0 bridgehead atoms. The van der Waals surface area contributed by atoms with E-state index in [1.807, 2.05) is 0 Å². The number of hydrogen-bond acceptors (Lipinski definition) is 5. The van der Waals surface area contributed by atoms with Gasteiger partial charge in [-0.05, 0) is 6.07 Å². The zero-order valence-electron chi connectivity index (χ0n) is 7.44. The minimum absolute atomic E-state index is 0.209. The Bertz CT molecular complexity index is 309. The van der Waals surface area contributed by atoms with E-state index < -0.39 is 6.10 Å². The highest BCUT2D eigenvalue weighted by Gasteiger charge is 2.06. The number of nitrogens with two attached hydrogens (primary N) is 1. The molecule has 1 unspecified atom stereocenters. The molecule has 78 valence electrons. The minimum atomic E-state index is -0.818. The van der Waals surface area contributed by atoms with Crippen LogP contribution in [0.15, 0.2) is 12.3 Å². The first-order chi connectivity index (χ1) is 6.65. The number of pyridine rings is 1. The highest BCUT2D eigenvalue weighted by molar-refractivity contribution is 6.32. The Balaban J connectivity index is 2.63. The maximum absolute atomic E-state index is 9.08. The third-order valence-electron chi connectivity index (χ3n) is 1.68. The lowest BCUT2D eigenvalue weighted by Gasteiger charge is -2.12. The van der Waals surface area contributed by atoms with Gasteiger partial charge in [0, 0.05) is 12.7 Å². The van der Waals surface area contributed by atoms with Crippen molar-refractivity contribution in [3.05, 3.63) is 17.4 Å². The molecule has 14 heavy (non-hydrogen) atoms. The number of nitrogen functional groups attached to an aromatic ring is 1. The van der Waals surface area contributed by atoms with Gasteiger partial charge in [0.05, 0.1) is 24.1 Å². The molecule has 0 radical (unpaired) electrons. The first-order valence-electron chi connectivity index (χ1n) is 4.08. The molecule has 0 aliphatic rings. The molecular weight excluding hydrogens is 206 g/mol. The number of nitrogens with one attached hydrogen (secondary N) is 1. The maximum Gasteiger partial charge on any atom is 0.153 e. The van der Waals surface area contributed by atoms with E-state index in [4.69, 9.17) is 27.5 Å². The van der Waals surface area contributed by atoms with Gasteiger partial charge in [0.2, 0.25) is 0 Å². The van der Waals surface area contributed by atoms with Gasteiger partial charge in [-0.25, -0.2) is 4.98 Å². The molecule has 0 fully saturated rings.